The fraction of sp³-hybridized carbons (Fsp3) is 0.500. The number of hydrogen-bond donors (Lipinski definition) is 0. The average molecular weight is 345 g/mol. The molecule has 0 saturated carbocycles. The second-order valence-corrected chi connectivity index (χ2v) is 6.37. The summed E-state index contributed by atoms with van der Waals surface area (Å²) in [6.07, 6.45) is 4.23. The predicted molar refractivity (Wildman–Crippen MR) is 92.2 cm³/mol. The molecule has 0 unspecified atom stereocenters. The molecule has 2 aliphatic heterocycles. The minimum absolute atomic E-state index is 0.175. The number of methoxy groups -OCH3 is 1. The minimum Gasteiger partial charge on any atom is -0.497 e. The van der Waals surface area contributed by atoms with Crippen molar-refractivity contribution in [2.24, 2.45) is 0 Å². The van der Waals surface area contributed by atoms with Crippen molar-refractivity contribution < 1.29 is 19.1 Å². The third kappa shape index (κ3) is 3.24. The number of hydrogen-bond acceptors (Lipinski definition) is 5. The maximum absolute atomic E-state index is 12.7. The van der Waals surface area contributed by atoms with Gasteiger partial charge >= 0.3 is 17.8 Å². The number of amides is 4. The van der Waals surface area contributed by atoms with Crippen molar-refractivity contribution in [1.82, 2.24) is 9.80 Å². The monoisotopic (exact) mass is 345 g/mol. The van der Waals surface area contributed by atoms with E-state index in [0.29, 0.717) is 17.5 Å². The fourth-order valence-corrected chi connectivity index (χ4v) is 3.48. The number of rotatable bonds is 5. The van der Waals surface area contributed by atoms with Gasteiger partial charge in [0.1, 0.15) is 5.75 Å². The van der Waals surface area contributed by atoms with Crippen LogP contribution in [-0.4, -0.2) is 54.0 Å². The number of imide groups is 2. The van der Waals surface area contributed by atoms with Crippen LogP contribution in [0.1, 0.15) is 32.6 Å². The van der Waals surface area contributed by atoms with E-state index >= 15 is 0 Å². The molecule has 0 bridgehead atoms. The topological polar surface area (TPSA) is 70.2 Å². The van der Waals surface area contributed by atoms with Crippen LogP contribution in [0.25, 0.3) is 0 Å². The van der Waals surface area contributed by atoms with E-state index in [9.17, 15) is 14.4 Å². The Bertz CT molecular complexity index is 673. The van der Waals surface area contributed by atoms with E-state index < -0.39 is 17.8 Å². The van der Waals surface area contributed by atoms with Gasteiger partial charge in [-0.05, 0) is 43.5 Å². The van der Waals surface area contributed by atoms with E-state index in [4.69, 9.17) is 4.74 Å². The van der Waals surface area contributed by atoms with Crippen LogP contribution >= 0.6 is 0 Å². The van der Waals surface area contributed by atoms with Crippen molar-refractivity contribution >= 4 is 23.5 Å². The van der Waals surface area contributed by atoms with Crippen LogP contribution in [0.15, 0.2) is 24.3 Å². The van der Waals surface area contributed by atoms with Crippen LogP contribution in [0.5, 0.6) is 5.75 Å². The molecule has 2 aliphatic rings. The molecule has 25 heavy (non-hydrogen) atoms. The Labute approximate surface area is 147 Å². The SMILES string of the molecule is CC[C@@H]1CCCCN1CN1C(=O)C(=O)N(c2ccc(OC)cc2)C1=O. The van der Waals surface area contributed by atoms with Gasteiger partial charge in [-0.1, -0.05) is 13.3 Å². The molecular weight excluding hydrogens is 322 g/mol. The Morgan fingerprint density at radius 2 is 1.80 bits per heavy atom. The van der Waals surface area contributed by atoms with Gasteiger partial charge in [-0.3, -0.25) is 14.5 Å². The Kier molecular flexibility index (Phi) is 5.03. The lowest BCUT2D eigenvalue weighted by atomic mass is 10.0. The molecule has 7 heteroatoms. The van der Waals surface area contributed by atoms with Gasteiger partial charge in [-0.25, -0.2) is 14.6 Å². The maximum Gasteiger partial charge on any atom is 0.340 e. The first-order valence-electron chi connectivity index (χ1n) is 8.64. The number of benzene rings is 1. The zero-order valence-electron chi connectivity index (χ0n) is 14.6. The van der Waals surface area contributed by atoms with Crippen LogP contribution in [0.4, 0.5) is 10.5 Å². The van der Waals surface area contributed by atoms with E-state index in [0.717, 1.165) is 42.0 Å². The Balaban J connectivity index is 1.79. The summed E-state index contributed by atoms with van der Waals surface area (Å²) in [6.45, 7) is 3.12. The van der Waals surface area contributed by atoms with Crippen LogP contribution in [0.2, 0.25) is 0 Å². The molecule has 0 N–H and O–H groups in total. The largest absolute Gasteiger partial charge is 0.497 e. The molecule has 2 fully saturated rings. The zero-order chi connectivity index (χ0) is 18.0. The summed E-state index contributed by atoms with van der Waals surface area (Å²) < 4.78 is 5.08. The Morgan fingerprint density at radius 1 is 1.08 bits per heavy atom. The van der Waals surface area contributed by atoms with Gasteiger partial charge in [0.05, 0.1) is 19.5 Å². The number of anilines is 1. The fourth-order valence-electron chi connectivity index (χ4n) is 3.48. The third-order valence-electron chi connectivity index (χ3n) is 4.93. The van der Waals surface area contributed by atoms with Crippen LogP contribution in [0.3, 0.4) is 0 Å². The van der Waals surface area contributed by atoms with Gasteiger partial charge in [-0.15, -0.1) is 0 Å². The highest BCUT2D eigenvalue weighted by Crippen LogP contribution is 2.26. The summed E-state index contributed by atoms with van der Waals surface area (Å²) in [5.74, 6) is -0.952. The lowest BCUT2D eigenvalue weighted by Gasteiger charge is -2.36. The van der Waals surface area contributed by atoms with Gasteiger partial charge in [0, 0.05) is 12.6 Å². The summed E-state index contributed by atoms with van der Waals surface area (Å²) >= 11 is 0. The van der Waals surface area contributed by atoms with E-state index in [-0.39, 0.29) is 6.67 Å². The summed E-state index contributed by atoms with van der Waals surface area (Å²) in [4.78, 5) is 41.5. The minimum atomic E-state index is -0.805. The lowest BCUT2D eigenvalue weighted by molar-refractivity contribution is -0.140. The van der Waals surface area contributed by atoms with Crippen LogP contribution in [-0.2, 0) is 9.59 Å². The zero-order valence-corrected chi connectivity index (χ0v) is 14.6. The molecule has 7 nitrogen and oxygen atoms in total. The quantitative estimate of drug-likeness (QED) is 0.604. The molecule has 134 valence electrons. The molecular formula is C18H23N3O4. The molecule has 2 heterocycles. The first kappa shape index (κ1) is 17.4. The standard InChI is InChI=1S/C18H23N3O4/c1-3-13-6-4-5-11-19(13)12-20-16(22)17(23)21(18(20)24)14-7-9-15(25-2)10-8-14/h7-10,13H,3-6,11-12H2,1-2H3/t13-/m1/s1. The second kappa shape index (κ2) is 7.23. The predicted octanol–water partition coefficient (Wildman–Crippen LogP) is 2.21. The summed E-state index contributed by atoms with van der Waals surface area (Å²) in [5.41, 5.74) is 0.373. The van der Waals surface area contributed by atoms with Crippen molar-refractivity contribution in [3.05, 3.63) is 24.3 Å². The van der Waals surface area contributed by atoms with E-state index in [1.54, 1.807) is 24.3 Å². The van der Waals surface area contributed by atoms with Crippen molar-refractivity contribution in [1.29, 1.82) is 0 Å². The highest BCUT2D eigenvalue weighted by molar-refractivity contribution is 6.52. The van der Waals surface area contributed by atoms with Crippen LogP contribution < -0.4 is 9.64 Å². The first-order chi connectivity index (χ1) is 12.1. The highest BCUT2D eigenvalue weighted by Gasteiger charge is 2.46. The molecule has 1 aromatic rings. The number of likely N-dealkylation sites (tertiary alicyclic amines) is 1. The number of carbonyl (C=O) groups excluding carboxylic acids is 3. The normalized spacial score (nSPS) is 22.0. The van der Waals surface area contributed by atoms with E-state index in [1.807, 2.05) is 0 Å². The second-order valence-electron chi connectivity index (χ2n) is 6.37. The number of carbonyl (C=O) groups is 3. The molecule has 2 saturated heterocycles. The van der Waals surface area contributed by atoms with Crippen molar-refractivity contribution in [2.45, 2.75) is 38.6 Å². The number of piperidine rings is 1. The average Bonchev–Trinajstić information content (AvgIpc) is 2.86. The van der Waals surface area contributed by atoms with Crippen molar-refractivity contribution in [3.63, 3.8) is 0 Å². The first-order valence-corrected chi connectivity index (χ1v) is 8.64. The van der Waals surface area contributed by atoms with Crippen LogP contribution in [0, 0.1) is 0 Å². The molecule has 0 radical (unpaired) electrons. The van der Waals surface area contributed by atoms with Gasteiger partial charge in [0.25, 0.3) is 0 Å². The van der Waals surface area contributed by atoms with Crippen molar-refractivity contribution in [2.75, 3.05) is 25.2 Å². The number of ether oxygens (including phenoxy) is 1. The molecule has 4 amide bonds. The Morgan fingerprint density at radius 3 is 2.44 bits per heavy atom. The van der Waals surface area contributed by atoms with Gasteiger partial charge in [0.15, 0.2) is 0 Å². The molecule has 1 atom stereocenters. The molecule has 0 spiro atoms. The van der Waals surface area contributed by atoms with Gasteiger partial charge in [0.2, 0.25) is 0 Å². The summed E-state index contributed by atoms with van der Waals surface area (Å²) in [7, 11) is 1.54. The van der Waals surface area contributed by atoms with E-state index in [2.05, 4.69) is 11.8 Å². The third-order valence-corrected chi connectivity index (χ3v) is 4.93. The Hall–Kier alpha value is -2.41. The smallest absolute Gasteiger partial charge is 0.340 e. The molecule has 1 aromatic carbocycles. The molecule has 3 rings (SSSR count). The van der Waals surface area contributed by atoms with Crippen molar-refractivity contribution in [3.8, 4) is 5.75 Å². The number of urea groups is 1. The molecule has 0 aromatic heterocycles. The number of nitrogens with zero attached hydrogens (tertiary/aromatic N) is 3. The van der Waals surface area contributed by atoms with E-state index in [1.165, 1.54) is 7.11 Å². The summed E-state index contributed by atoms with van der Waals surface area (Å²) in [5, 5.41) is 0. The lowest BCUT2D eigenvalue weighted by Crippen LogP contribution is -2.48. The highest BCUT2D eigenvalue weighted by atomic mass is 16.5. The van der Waals surface area contributed by atoms with Gasteiger partial charge < -0.3 is 4.74 Å². The summed E-state index contributed by atoms with van der Waals surface area (Å²) in [6, 6.07) is 6.27. The maximum atomic E-state index is 12.7. The van der Waals surface area contributed by atoms with Gasteiger partial charge in [-0.2, -0.15) is 0 Å². The molecule has 0 aliphatic carbocycles.